The number of carboxylic acid groups (broad SMARTS) is 1. The smallest absolute Gasteiger partial charge is 0.356 e. The Morgan fingerprint density at radius 1 is 1.21 bits per heavy atom. The Kier molecular flexibility index (Phi) is 5.33. The number of aromatic nitrogens is 3. The van der Waals surface area contributed by atoms with Crippen molar-refractivity contribution in [2.45, 2.75) is 34.2 Å². The lowest BCUT2D eigenvalue weighted by atomic mass is 9.96. The highest BCUT2D eigenvalue weighted by Crippen LogP contribution is 2.34. The Labute approximate surface area is 167 Å². The van der Waals surface area contributed by atoms with E-state index in [2.05, 4.69) is 15.4 Å². The number of nitrogens with one attached hydrogen (secondary N) is 1. The van der Waals surface area contributed by atoms with Crippen LogP contribution in [0.2, 0.25) is 0 Å². The second-order valence-corrected chi connectivity index (χ2v) is 8.50. The largest absolute Gasteiger partial charge is 0.476 e. The maximum Gasteiger partial charge on any atom is 0.356 e. The fourth-order valence-corrected chi connectivity index (χ4v) is 3.53. The summed E-state index contributed by atoms with van der Waals surface area (Å²) in [5, 5.41) is 16.9. The average Bonchev–Trinajstić information content (AvgIpc) is 3.18. The third kappa shape index (κ3) is 4.28. The molecule has 1 aromatic carbocycles. The van der Waals surface area contributed by atoms with Gasteiger partial charge < -0.3 is 10.4 Å². The van der Waals surface area contributed by atoms with Gasteiger partial charge in [-0.15, -0.1) is 0 Å². The van der Waals surface area contributed by atoms with Crippen molar-refractivity contribution in [3.8, 4) is 10.6 Å². The zero-order chi connectivity index (χ0) is 20.5. The van der Waals surface area contributed by atoms with E-state index in [4.69, 9.17) is 0 Å². The number of benzene rings is 1. The summed E-state index contributed by atoms with van der Waals surface area (Å²) < 4.78 is 1.66. The van der Waals surface area contributed by atoms with Crippen LogP contribution < -0.4 is 5.32 Å². The maximum absolute atomic E-state index is 12.3. The van der Waals surface area contributed by atoms with Gasteiger partial charge in [-0.3, -0.25) is 9.48 Å². The lowest BCUT2D eigenvalue weighted by Crippen LogP contribution is -2.27. The summed E-state index contributed by atoms with van der Waals surface area (Å²) in [5.74, 6) is -1.21. The van der Waals surface area contributed by atoms with Crippen molar-refractivity contribution >= 4 is 28.3 Å². The van der Waals surface area contributed by atoms with E-state index in [1.807, 2.05) is 58.0 Å². The van der Waals surface area contributed by atoms with E-state index in [1.54, 1.807) is 10.7 Å². The number of amides is 1. The van der Waals surface area contributed by atoms with Gasteiger partial charge >= 0.3 is 5.97 Å². The van der Waals surface area contributed by atoms with E-state index >= 15 is 0 Å². The molecule has 3 rings (SSSR count). The Morgan fingerprint density at radius 2 is 1.89 bits per heavy atom. The van der Waals surface area contributed by atoms with Crippen molar-refractivity contribution < 1.29 is 14.7 Å². The van der Waals surface area contributed by atoms with E-state index in [-0.39, 0.29) is 11.6 Å². The highest BCUT2D eigenvalue weighted by Gasteiger charge is 2.24. The molecule has 0 aliphatic heterocycles. The molecule has 7 nitrogen and oxygen atoms in total. The molecule has 0 radical (unpaired) electrons. The highest BCUT2D eigenvalue weighted by atomic mass is 32.1. The van der Waals surface area contributed by atoms with Gasteiger partial charge in [-0.05, 0) is 18.6 Å². The van der Waals surface area contributed by atoms with Gasteiger partial charge in [0.05, 0.1) is 22.8 Å². The molecule has 0 unspecified atom stereocenters. The van der Waals surface area contributed by atoms with Crippen LogP contribution >= 0.6 is 11.3 Å². The summed E-state index contributed by atoms with van der Waals surface area (Å²) in [6, 6.07) is 11.2. The summed E-state index contributed by atoms with van der Waals surface area (Å²) in [7, 11) is 0. The number of hydrogen-bond donors (Lipinski definition) is 2. The van der Waals surface area contributed by atoms with Gasteiger partial charge in [0.25, 0.3) is 0 Å². The van der Waals surface area contributed by atoms with Crippen molar-refractivity contribution in [1.82, 2.24) is 14.8 Å². The van der Waals surface area contributed by atoms with Crippen molar-refractivity contribution in [2.24, 2.45) is 5.41 Å². The minimum absolute atomic E-state index is 0.0287. The summed E-state index contributed by atoms with van der Waals surface area (Å²) in [5.41, 5.74) is 1.81. The van der Waals surface area contributed by atoms with Gasteiger partial charge in [0.15, 0.2) is 10.8 Å². The van der Waals surface area contributed by atoms with Gasteiger partial charge in [-0.1, -0.05) is 62.4 Å². The number of thiazole rings is 1. The molecule has 0 saturated carbocycles. The van der Waals surface area contributed by atoms with Crippen LogP contribution in [-0.4, -0.2) is 31.7 Å². The SMILES string of the molecule is Cc1nc(NC(=O)C(C)(C)C)sc1-c1cc(C(=O)O)nn1Cc1ccccc1. The predicted molar refractivity (Wildman–Crippen MR) is 109 cm³/mol. The fourth-order valence-electron chi connectivity index (χ4n) is 2.55. The number of rotatable bonds is 5. The molecular weight excluding hydrogens is 376 g/mol. The first kappa shape index (κ1) is 19.8. The number of nitrogens with zero attached hydrogens (tertiary/aromatic N) is 3. The lowest BCUT2D eigenvalue weighted by molar-refractivity contribution is -0.123. The molecule has 1 amide bonds. The summed E-state index contributed by atoms with van der Waals surface area (Å²) in [6.07, 6.45) is 0. The van der Waals surface area contributed by atoms with Crippen LogP contribution in [0.15, 0.2) is 36.4 Å². The molecule has 0 spiro atoms. The first-order valence-electron chi connectivity index (χ1n) is 8.79. The first-order chi connectivity index (χ1) is 13.1. The van der Waals surface area contributed by atoms with Crippen LogP contribution in [0.5, 0.6) is 0 Å². The minimum atomic E-state index is -1.09. The third-order valence-corrected chi connectivity index (χ3v) is 5.20. The molecule has 146 valence electrons. The molecule has 0 aliphatic rings. The van der Waals surface area contributed by atoms with E-state index in [0.717, 1.165) is 10.4 Å². The van der Waals surface area contributed by atoms with Gasteiger partial charge in [-0.2, -0.15) is 5.10 Å². The summed E-state index contributed by atoms with van der Waals surface area (Å²) >= 11 is 1.31. The van der Waals surface area contributed by atoms with Gasteiger partial charge in [0.1, 0.15) is 0 Å². The molecule has 0 fully saturated rings. The van der Waals surface area contributed by atoms with Crippen molar-refractivity contribution in [3.63, 3.8) is 0 Å². The topological polar surface area (TPSA) is 97.1 Å². The third-order valence-electron chi connectivity index (χ3n) is 4.11. The molecular formula is C20H22N4O3S. The van der Waals surface area contributed by atoms with Crippen molar-refractivity contribution in [3.05, 3.63) is 53.3 Å². The molecule has 2 aromatic heterocycles. The molecule has 28 heavy (non-hydrogen) atoms. The number of hydrogen-bond acceptors (Lipinski definition) is 5. The normalized spacial score (nSPS) is 11.4. The zero-order valence-corrected chi connectivity index (χ0v) is 17.0. The van der Waals surface area contributed by atoms with Crippen molar-refractivity contribution in [2.75, 3.05) is 5.32 Å². The summed E-state index contributed by atoms with van der Waals surface area (Å²) in [6.45, 7) is 7.76. The number of carbonyl (C=O) groups excluding carboxylic acids is 1. The minimum Gasteiger partial charge on any atom is -0.476 e. The fraction of sp³-hybridized carbons (Fsp3) is 0.300. The van der Waals surface area contributed by atoms with E-state index < -0.39 is 11.4 Å². The van der Waals surface area contributed by atoms with Crippen LogP contribution in [0.1, 0.15) is 42.5 Å². The van der Waals surface area contributed by atoms with Crippen LogP contribution in [-0.2, 0) is 11.3 Å². The number of carbonyl (C=O) groups is 2. The molecule has 2 heterocycles. The van der Waals surface area contributed by atoms with Crippen molar-refractivity contribution in [1.29, 1.82) is 0 Å². The lowest BCUT2D eigenvalue weighted by Gasteiger charge is -2.15. The predicted octanol–water partition coefficient (Wildman–Crippen LogP) is 4.05. The number of anilines is 1. The molecule has 0 aliphatic carbocycles. The Morgan fingerprint density at radius 3 is 2.50 bits per heavy atom. The van der Waals surface area contributed by atoms with Crippen LogP contribution in [0.3, 0.4) is 0 Å². The molecule has 0 bridgehead atoms. The maximum atomic E-state index is 12.3. The first-order valence-corrected chi connectivity index (χ1v) is 9.61. The van der Waals surface area contributed by atoms with E-state index in [0.29, 0.717) is 23.1 Å². The zero-order valence-electron chi connectivity index (χ0n) is 16.2. The van der Waals surface area contributed by atoms with Gasteiger partial charge in [-0.25, -0.2) is 9.78 Å². The Balaban J connectivity index is 1.98. The second-order valence-electron chi connectivity index (χ2n) is 7.50. The second kappa shape index (κ2) is 7.55. The highest BCUT2D eigenvalue weighted by molar-refractivity contribution is 7.19. The average molecular weight is 398 g/mol. The molecule has 0 saturated heterocycles. The van der Waals surface area contributed by atoms with Crippen LogP contribution in [0.4, 0.5) is 5.13 Å². The van der Waals surface area contributed by atoms with E-state index in [9.17, 15) is 14.7 Å². The Hall–Kier alpha value is -3.00. The number of aryl methyl sites for hydroxylation is 1. The van der Waals surface area contributed by atoms with Crippen LogP contribution in [0.25, 0.3) is 10.6 Å². The molecule has 2 N–H and O–H groups in total. The van der Waals surface area contributed by atoms with Crippen LogP contribution in [0, 0.1) is 12.3 Å². The monoisotopic (exact) mass is 398 g/mol. The van der Waals surface area contributed by atoms with E-state index in [1.165, 1.54) is 11.3 Å². The quantitative estimate of drug-likeness (QED) is 0.676. The Bertz CT molecular complexity index is 1020. The number of carboxylic acids is 1. The summed E-state index contributed by atoms with van der Waals surface area (Å²) in [4.78, 5) is 28.9. The standard InChI is InChI=1S/C20H22N4O3S/c1-12-16(28-19(21-12)22-18(27)20(2,3)4)15-10-14(17(25)26)23-24(15)11-13-8-6-5-7-9-13/h5-10H,11H2,1-4H3,(H,25,26)(H,21,22,27). The molecule has 3 aromatic rings. The van der Waals surface area contributed by atoms with Gasteiger partial charge in [0.2, 0.25) is 5.91 Å². The number of aromatic carboxylic acids is 1. The molecule has 0 atom stereocenters. The molecule has 8 heteroatoms. The van der Waals surface area contributed by atoms with Gasteiger partial charge in [0, 0.05) is 5.41 Å².